The molecule has 31 heavy (non-hydrogen) atoms. The molecule has 0 fully saturated rings. The molecular formula is C27H25N3O. The maximum Gasteiger partial charge on any atom is 0.221 e. The number of amides is 1. The fourth-order valence-corrected chi connectivity index (χ4v) is 4.49. The van der Waals surface area contributed by atoms with Crippen molar-refractivity contribution < 1.29 is 4.79 Å². The Balaban J connectivity index is 1.54. The molecule has 3 N–H and O–H groups in total. The van der Waals surface area contributed by atoms with E-state index < -0.39 is 0 Å². The fraction of sp³-hybridized carbons (Fsp3) is 0.148. The molecule has 4 nitrogen and oxygen atoms in total. The summed E-state index contributed by atoms with van der Waals surface area (Å²) in [5.74, 6) is 0.158. The Hall–Kier alpha value is -3.79. The number of para-hydroxylation sites is 3. The smallest absolute Gasteiger partial charge is 0.221 e. The van der Waals surface area contributed by atoms with Gasteiger partial charge in [0.15, 0.2) is 0 Å². The van der Waals surface area contributed by atoms with Gasteiger partial charge in [-0.3, -0.25) is 4.79 Å². The summed E-state index contributed by atoms with van der Waals surface area (Å²) in [7, 11) is 0. The van der Waals surface area contributed by atoms with Crippen molar-refractivity contribution in [1.82, 2.24) is 9.97 Å². The number of carbonyl (C=O) groups excluding carboxylic acids is 1. The highest BCUT2D eigenvalue weighted by Crippen LogP contribution is 2.36. The average Bonchev–Trinajstić information content (AvgIpc) is 3.39. The minimum atomic E-state index is -0.0451. The van der Waals surface area contributed by atoms with Gasteiger partial charge in [-0.05, 0) is 53.6 Å². The van der Waals surface area contributed by atoms with Crippen molar-refractivity contribution in [2.24, 2.45) is 0 Å². The third-order valence-electron chi connectivity index (χ3n) is 5.95. The lowest BCUT2D eigenvalue weighted by molar-refractivity contribution is -0.114. The van der Waals surface area contributed by atoms with Crippen molar-refractivity contribution in [3.63, 3.8) is 0 Å². The van der Waals surface area contributed by atoms with Crippen LogP contribution in [0.5, 0.6) is 0 Å². The number of hydrogen-bond acceptors (Lipinski definition) is 1. The molecule has 1 atom stereocenters. The molecule has 0 saturated heterocycles. The van der Waals surface area contributed by atoms with Gasteiger partial charge in [0, 0.05) is 46.8 Å². The molecule has 4 heteroatoms. The molecule has 5 aromatic rings. The summed E-state index contributed by atoms with van der Waals surface area (Å²) in [5.41, 5.74) is 6.85. The minimum Gasteiger partial charge on any atom is -0.361 e. The van der Waals surface area contributed by atoms with Crippen LogP contribution in [0.25, 0.3) is 21.8 Å². The van der Waals surface area contributed by atoms with E-state index in [4.69, 9.17) is 0 Å². The van der Waals surface area contributed by atoms with Gasteiger partial charge in [-0.15, -0.1) is 0 Å². The van der Waals surface area contributed by atoms with E-state index in [0.29, 0.717) is 0 Å². The molecule has 0 spiro atoms. The Bertz CT molecular complexity index is 1330. The number of hydrogen-bond donors (Lipinski definition) is 3. The third-order valence-corrected chi connectivity index (χ3v) is 5.95. The molecule has 3 aromatic carbocycles. The monoisotopic (exact) mass is 407 g/mol. The summed E-state index contributed by atoms with van der Waals surface area (Å²) in [6.07, 6.45) is 3.92. The van der Waals surface area contributed by atoms with E-state index in [2.05, 4.69) is 82.1 Å². The molecule has 154 valence electrons. The van der Waals surface area contributed by atoms with Crippen LogP contribution < -0.4 is 5.32 Å². The lowest BCUT2D eigenvalue weighted by Gasteiger charge is -2.17. The largest absolute Gasteiger partial charge is 0.361 e. The minimum absolute atomic E-state index is 0.0451. The van der Waals surface area contributed by atoms with Crippen LogP contribution in [0.1, 0.15) is 36.1 Å². The van der Waals surface area contributed by atoms with E-state index in [1.807, 2.05) is 18.2 Å². The maximum absolute atomic E-state index is 11.6. The van der Waals surface area contributed by atoms with Crippen LogP contribution in [0.3, 0.4) is 0 Å². The van der Waals surface area contributed by atoms with Crippen molar-refractivity contribution in [2.75, 3.05) is 5.32 Å². The van der Waals surface area contributed by atoms with Gasteiger partial charge in [0.05, 0.1) is 0 Å². The number of aromatic nitrogens is 2. The number of H-pyrrole nitrogens is 2. The van der Waals surface area contributed by atoms with Gasteiger partial charge in [0.1, 0.15) is 0 Å². The maximum atomic E-state index is 11.6. The second-order valence-electron chi connectivity index (χ2n) is 8.03. The van der Waals surface area contributed by atoms with Gasteiger partial charge in [0.25, 0.3) is 0 Å². The number of rotatable bonds is 6. The van der Waals surface area contributed by atoms with Crippen molar-refractivity contribution in [1.29, 1.82) is 0 Å². The molecule has 1 amide bonds. The van der Waals surface area contributed by atoms with Crippen LogP contribution in [-0.2, 0) is 11.2 Å². The van der Waals surface area contributed by atoms with Crippen molar-refractivity contribution in [3.05, 3.63) is 102 Å². The summed E-state index contributed by atoms with van der Waals surface area (Å²) in [6.45, 7) is 1.55. The van der Waals surface area contributed by atoms with E-state index in [9.17, 15) is 4.79 Å². The van der Waals surface area contributed by atoms with E-state index in [1.165, 1.54) is 22.0 Å². The van der Waals surface area contributed by atoms with E-state index in [1.54, 1.807) is 6.92 Å². The van der Waals surface area contributed by atoms with Crippen LogP contribution in [0, 0.1) is 0 Å². The summed E-state index contributed by atoms with van der Waals surface area (Å²) in [6, 6.07) is 27.2. The van der Waals surface area contributed by atoms with Crippen LogP contribution >= 0.6 is 0 Å². The first-order chi connectivity index (χ1) is 15.2. The summed E-state index contributed by atoms with van der Waals surface area (Å²) in [5, 5.41) is 5.44. The molecule has 0 aliphatic rings. The molecule has 0 aliphatic heterocycles. The summed E-state index contributed by atoms with van der Waals surface area (Å²) >= 11 is 0. The summed E-state index contributed by atoms with van der Waals surface area (Å²) < 4.78 is 0. The van der Waals surface area contributed by atoms with Crippen LogP contribution in [0.15, 0.2) is 85.1 Å². The zero-order chi connectivity index (χ0) is 21.2. The molecular weight excluding hydrogens is 382 g/mol. The number of anilines is 1. The normalized spacial score (nSPS) is 12.3. The Labute approximate surface area is 181 Å². The molecule has 1 unspecified atom stereocenters. The first-order valence-corrected chi connectivity index (χ1v) is 10.7. The molecule has 5 rings (SSSR count). The first-order valence-electron chi connectivity index (χ1n) is 10.7. The highest BCUT2D eigenvalue weighted by atomic mass is 16.1. The SMILES string of the molecule is CC(=O)Nc1ccccc1CCC(c1cc2ccccc2[nH]1)c1c[nH]c2ccccc12. The highest BCUT2D eigenvalue weighted by Gasteiger charge is 2.20. The quantitative estimate of drug-likeness (QED) is 0.301. The van der Waals surface area contributed by atoms with Crippen LogP contribution in [-0.4, -0.2) is 15.9 Å². The molecule has 2 aromatic heterocycles. The van der Waals surface area contributed by atoms with Gasteiger partial charge in [-0.2, -0.15) is 0 Å². The number of aromatic amines is 2. The third kappa shape index (κ3) is 3.84. The predicted molar refractivity (Wildman–Crippen MR) is 128 cm³/mol. The van der Waals surface area contributed by atoms with Crippen molar-refractivity contribution in [3.8, 4) is 0 Å². The Kier molecular flexibility index (Phi) is 5.04. The number of aryl methyl sites for hydroxylation is 1. The van der Waals surface area contributed by atoms with Crippen molar-refractivity contribution in [2.45, 2.75) is 25.7 Å². The van der Waals surface area contributed by atoms with Gasteiger partial charge in [-0.25, -0.2) is 0 Å². The number of benzene rings is 3. The lowest BCUT2D eigenvalue weighted by atomic mass is 9.89. The molecule has 2 heterocycles. The zero-order valence-electron chi connectivity index (χ0n) is 17.5. The van der Waals surface area contributed by atoms with Gasteiger partial charge in [0.2, 0.25) is 5.91 Å². The number of nitrogens with one attached hydrogen (secondary N) is 3. The van der Waals surface area contributed by atoms with Crippen LogP contribution in [0.2, 0.25) is 0 Å². The zero-order valence-corrected chi connectivity index (χ0v) is 17.5. The Morgan fingerprint density at radius 2 is 1.68 bits per heavy atom. The summed E-state index contributed by atoms with van der Waals surface area (Å²) in [4.78, 5) is 18.7. The lowest BCUT2D eigenvalue weighted by Crippen LogP contribution is -2.09. The average molecular weight is 408 g/mol. The molecule has 0 radical (unpaired) electrons. The molecule has 0 aliphatic carbocycles. The first kappa shape index (κ1) is 19.2. The van der Waals surface area contributed by atoms with Gasteiger partial charge < -0.3 is 15.3 Å². The predicted octanol–water partition coefficient (Wildman–Crippen LogP) is 6.37. The Morgan fingerprint density at radius 1 is 0.935 bits per heavy atom. The second kappa shape index (κ2) is 8.15. The highest BCUT2D eigenvalue weighted by molar-refractivity contribution is 5.89. The van der Waals surface area contributed by atoms with Gasteiger partial charge in [-0.1, -0.05) is 54.6 Å². The van der Waals surface area contributed by atoms with E-state index in [0.717, 1.165) is 35.1 Å². The number of fused-ring (bicyclic) bond motifs is 2. The van der Waals surface area contributed by atoms with Crippen molar-refractivity contribution >= 4 is 33.4 Å². The van der Waals surface area contributed by atoms with Crippen LogP contribution in [0.4, 0.5) is 5.69 Å². The standard InChI is InChI=1S/C27H25N3O/c1-18(31)29-24-11-5-2-8-19(24)14-15-22(23-17-28-26-13-7-4-10-21(23)26)27-16-20-9-3-6-12-25(20)30-27/h2-13,16-17,22,28,30H,14-15H2,1H3,(H,29,31). The second-order valence-corrected chi connectivity index (χ2v) is 8.03. The molecule has 0 bridgehead atoms. The van der Waals surface area contributed by atoms with Gasteiger partial charge >= 0.3 is 0 Å². The Morgan fingerprint density at radius 3 is 2.52 bits per heavy atom. The number of carbonyl (C=O) groups is 1. The molecule has 0 saturated carbocycles. The fourth-order valence-electron chi connectivity index (χ4n) is 4.49. The van der Waals surface area contributed by atoms with E-state index in [-0.39, 0.29) is 11.8 Å². The van der Waals surface area contributed by atoms with E-state index >= 15 is 0 Å². The topological polar surface area (TPSA) is 60.7 Å².